The molecule has 0 aliphatic heterocycles. The molecule has 0 aliphatic rings. The molecule has 0 bridgehead atoms. The van der Waals surface area contributed by atoms with Crippen molar-refractivity contribution in [3.63, 3.8) is 0 Å². The van der Waals surface area contributed by atoms with E-state index in [9.17, 15) is 14.4 Å². The summed E-state index contributed by atoms with van der Waals surface area (Å²) in [5.41, 5.74) is 0. The molecule has 8 heteroatoms. The third-order valence-electron chi connectivity index (χ3n) is 2.24. The molecule has 0 aromatic rings. The van der Waals surface area contributed by atoms with Gasteiger partial charge in [-0.15, -0.1) is 0 Å². The SMILES string of the molecule is C[Si](C)(C)CCOC(=O)C[C@H](NC(=O)CBr)C(=O)O. The third-order valence-corrected chi connectivity index (χ3v) is 4.45. The zero-order valence-electron chi connectivity index (χ0n) is 11.4. The molecule has 6 nitrogen and oxygen atoms in total. The maximum atomic E-state index is 11.5. The van der Waals surface area contributed by atoms with Gasteiger partial charge in [0, 0.05) is 8.07 Å². The lowest BCUT2D eigenvalue weighted by molar-refractivity contribution is -0.150. The number of hydrogen-bond acceptors (Lipinski definition) is 4. The van der Waals surface area contributed by atoms with Crippen LogP contribution in [-0.2, 0) is 19.1 Å². The number of hydrogen-bond donors (Lipinski definition) is 2. The molecular weight excluding hydrogens is 334 g/mol. The van der Waals surface area contributed by atoms with Gasteiger partial charge in [0.2, 0.25) is 5.91 Å². The number of carbonyl (C=O) groups excluding carboxylic acids is 2. The molecule has 0 aromatic carbocycles. The molecule has 0 rings (SSSR count). The number of aliphatic carboxylic acids is 1. The van der Waals surface area contributed by atoms with Crippen molar-refractivity contribution in [2.45, 2.75) is 38.1 Å². The summed E-state index contributed by atoms with van der Waals surface area (Å²) in [7, 11) is -1.29. The Morgan fingerprint density at radius 2 is 1.89 bits per heavy atom. The zero-order valence-corrected chi connectivity index (χ0v) is 13.9. The normalized spacial score (nSPS) is 12.6. The zero-order chi connectivity index (χ0) is 15.1. The quantitative estimate of drug-likeness (QED) is 0.388. The Morgan fingerprint density at radius 1 is 1.32 bits per heavy atom. The smallest absolute Gasteiger partial charge is 0.326 e. The summed E-state index contributed by atoms with van der Waals surface area (Å²) in [4.78, 5) is 33.5. The fraction of sp³-hybridized carbons (Fsp3) is 0.727. The van der Waals surface area contributed by atoms with E-state index in [1.54, 1.807) is 0 Å². The molecule has 0 saturated carbocycles. The second-order valence-corrected chi connectivity index (χ2v) is 11.5. The van der Waals surface area contributed by atoms with Gasteiger partial charge in [-0.3, -0.25) is 9.59 Å². The first kappa shape index (κ1) is 18.1. The molecule has 0 aliphatic carbocycles. The van der Waals surface area contributed by atoms with Crippen LogP contribution in [0.4, 0.5) is 0 Å². The number of amides is 1. The van der Waals surface area contributed by atoms with Crippen molar-refractivity contribution in [2.24, 2.45) is 0 Å². The van der Waals surface area contributed by atoms with Crippen LogP contribution in [0.3, 0.4) is 0 Å². The van der Waals surface area contributed by atoms with Crippen LogP contribution in [0.25, 0.3) is 0 Å². The van der Waals surface area contributed by atoms with Gasteiger partial charge in [0.25, 0.3) is 0 Å². The Bertz CT molecular complexity index is 342. The summed E-state index contributed by atoms with van der Waals surface area (Å²) in [6.07, 6.45) is -0.361. The molecule has 0 fully saturated rings. The fourth-order valence-corrected chi connectivity index (χ4v) is 2.01. The van der Waals surface area contributed by atoms with E-state index >= 15 is 0 Å². The van der Waals surface area contributed by atoms with Crippen LogP contribution in [0, 0.1) is 0 Å². The van der Waals surface area contributed by atoms with Gasteiger partial charge in [-0.2, -0.15) is 0 Å². The fourth-order valence-electron chi connectivity index (χ4n) is 1.13. The Labute approximate surface area is 122 Å². The molecule has 19 heavy (non-hydrogen) atoms. The van der Waals surface area contributed by atoms with Gasteiger partial charge in [0.05, 0.1) is 18.4 Å². The van der Waals surface area contributed by atoms with E-state index in [1.807, 2.05) is 0 Å². The highest BCUT2D eigenvalue weighted by Gasteiger charge is 2.24. The first-order chi connectivity index (χ1) is 8.65. The number of rotatable bonds is 8. The summed E-state index contributed by atoms with van der Waals surface area (Å²) >= 11 is 2.91. The van der Waals surface area contributed by atoms with Gasteiger partial charge in [0.1, 0.15) is 6.04 Å². The Balaban J connectivity index is 4.18. The standard InChI is InChI=1S/C11H20BrNO5Si/c1-19(2,3)5-4-18-10(15)6-8(11(16)17)13-9(14)7-12/h8H,4-7H2,1-3H3,(H,13,14)(H,16,17)/t8-/m0/s1. The Kier molecular flexibility index (Phi) is 7.92. The molecule has 0 spiro atoms. The highest BCUT2D eigenvalue weighted by molar-refractivity contribution is 9.09. The number of nitrogens with one attached hydrogen (secondary N) is 1. The summed E-state index contributed by atoms with van der Waals surface area (Å²) in [5.74, 6) is -2.35. The van der Waals surface area contributed by atoms with Crippen LogP contribution in [0.5, 0.6) is 0 Å². The minimum Gasteiger partial charge on any atom is -0.480 e. The molecule has 110 valence electrons. The molecule has 2 N–H and O–H groups in total. The molecule has 1 amide bonds. The highest BCUT2D eigenvalue weighted by atomic mass is 79.9. The number of carbonyl (C=O) groups is 3. The van der Waals surface area contributed by atoms with Gasteiger partial charge in [-0.1, -0.05) is 35.6 Å². The average molecular weight is 354 g/mol. The minimum atomic E-state index is -1.29. The van der Waals surface area contributed by atoms with Crippen molar-refractivity contribution in [1.82, 2.24) is 5.32 Å². The number of halogens is 1. The van der Waals surface area contributed by atoms with E-state index in [1.165, 1.54) is 0 Å². The Hall–Kier alpha value is -0.893. The minimum absolute atomic E-state index is 0.0124. The van der Waals surface area contributed by atoms with Crippen molar-refractivity contribution in [3.05, 3.63) is 0 Å². The molecular formula is C11H20BrNO5Si. The van der Waals surface area contributed by atoms with Gasteiger partial charge in [-0.25, -0.2) is 4.79 Å². The van der Waals surface area contributed by atoms with E-state index in [-0.39, 0.29) is 11.8 Å². The number of alkyl halides is 1. The summed E-state index contributed by atoms with van der Waals surface area (Å²) in [6, 6.07) is -0.422. The van der Waals surface area contributed by atoms with Crippen molar-refractivity contribution >= 4 is 41.8 Å². The predicted molar refractivity (Wildman–Crippen MR) is 77.1 cm³/mol. The Morgan fingerprint density at radius 3 is 2.32 bits per heavy atom. The summed E-state index contributed by atoms with van der Waals surface area (Å²) in [5, 5.41) is 11.1. The van der Waals surface area contributed by atoms with Crippen molar-refractivity contribution in [3.8, 4) is 0 Å². The predicted octanol–water partition coefficient (Wildman–Crippen LogP) is 1.22. The summed E-state index contributed by atoms with van der Waals surface area (Å²) < 4.78 is 4.98. The highest BCUT2D eigenvalue weighted by Crippen LogP contribution is 2.08. The molecule has 0 unspecified atom stereocenters. The lowest BCUT2D eigenvalue weighted by Gasteiger charge is -2.16. The van der Waals surface area contributed by atoms with Crippen molar-refractivity contribution in [2.75, 3.05) is 11.9 Å². The van der Waals surface area contributed by atoms with Crippen LogP contribution in [0.2, 0.25) is 25.7 Å². The second kappa shape index (κ2) is 8.31. The number of esters is 1. The third kappa shape index (κ3) is 9.66. The van der Waals surface area contributed by atoms with Crippen LogP contribution in [-0.4, -0.2) is 49.0 Å². The number of carboxylic acid groups (broad SMARTS) is 1. The van der Waals surface area contributed by atoms with Crippen molar-refractivity contribution < 1.29 is 24.2 Å². The van der Waals surface area contributed by atoms with Crippen LogP contribution < -0.4 is 5.32 Å². The van der Waals surface area contributed by atoms with Gasteiger partial charge < -0.3 is 15.2 Å². The number of ether oxygens (including phenoxy) is 1. The van der Waals surface area contributed by atoms with Gasteiger partial charge in [0.15, 0.2) is 0 Å². The lowest BCUT2D eigenvalue weighted by atomic mass is 10.2. The molecule has 0 saturated heterocycles. The molecule has 1 atom stereocenters. The van der Waals surface area contributed by atoms with Crippen molar-refractivity contribution in [1.29, 1.82) is 0 Å². The topological polar surface area (TPSA) is 92.7 Å². The molecule has 0 heterocycles. The van der Waals surface area contributed by atoms with E-state index in [4.69, 9.17) is 9.84 Å². The number of carboxylic acids is 1. The average Bonchev–Trinajstić information content (AvgIpc) is 2.25. The molecule has 0 aromatic heterocycles. The first-order valence-corrected chi connectivity index (χ1v) is 10.7. The largest absolute Gasteiger partial charge is 0.480 e. The van der Waals surface area contributed by atoms with Crippen LogP contribution in [0.15, 0.2) is 0 Å². The van der Waals surface area contributed by atoms with Gasteiger partial charge >= 0.3 is 11.9 Å². The summed E-state index contributed by atoms with van der Waals surface area (Å²) in [6.45, 7) is 6.75. The maximum Gasteiger partial charge on any atom is 0.326 e. The second-order valence-electron chi connectivity index (χ2n) is 5.33. The van der Waals surface area contributed by atoms with E-state index in [2.05, 4.69) is 40.9 Å². The monoisotopic (exact) mass is 353 g/mol. The van der Waals surface area contributed by atoms with Gasteiger partial charge in [-0.05, 0) is 6.04 Å². The van der Waals surface area contributed by atoms with Crippen LogP contribution >= 0.6 is 15.9 Å². The van der Waals surface area contributed by atoms with E-state index < -0.39 is 32.0 Å². The van der Waals surface area contributed by atoms with E-state index in [0.717, 1.165) is 6.04 Å². The first-order valence-electron chi connectivity index (χ1n) is 5.89. The van der Waals surface area contributed by atoms with E-state index in [0.29, 0.717) is 6.61 Å². The maximum absolute atomic E-state index is 11.5. The van der Waals surface area contributed by atoms with Crippen LogP contribution in [0.1, 0.15) is 6.42 Å². The molecule has 0 radical (unpaired) electrons. The lowest BCUT2D eigenvalue weighted by Crippen LogP contribution is -2.43.